The number of sulfonamides is 1. The van der Waals surface area contributed by atoms with Gasteiger partial charge in [0.25, 0.3) is 15.9 Å². The van der Waals surface area contributed by atoms with Crippen molar-refractivity contribution >= 4 is 38.9 Å². The number of hydrogen-bond donors (Lipinski definition) is 1. The molecule has 0 atom stereocenters. The molecule has 0 heterocycles. The number of methoxy groups -OCH3 is 1. The standard InChI is InChI=1S/C22H21ClN2O4S/c1-15-4-13-21(29-3)20(14-15)24-22(26)16-5-9-18(10-6-16)25(2)30(27,28)19-11-7-17(23)8-12-19/h4-14H,1-3H3,(H,24,26). The van der Waals surface area contributed by atoms with Gasteiger partial charge < -0.3 is 10.1 Å². The zero-order valence-corrected chi connectivity index (χ0v) is 18.3. The number of anilines is 2. The SMILES string of the molecule is COc1ccc(C)cc1NC(=O)c1ccc(N(C)S(=O)(=O)c2ccc(Cl)cc2)cc1. The highest BCUT2D eigenvalue weighted by Gasteiger charge is 2.21. The van der Waals surface area contributed by atoms with E-state index in [-0.39, 0.29) is 10.8 Å². The van der Waals surface area contributed by atoms with E-state index in [2.05, 4.69) is 5.32 Å². The highest BCUT2D eigenvalue weighted by Crippen LogP contribution is 2.27. The first-order chi connectivity index (χ1) is 14.2. The normalized spacial score (nSPS) is 11.1. The molecule has 0 fully saturated rings. The van der Waals surface area contributed by atoms with Crippen molar-refractivity contribution in [1.29, 1.82) is 0 Å². The van der Waals surface area contributed by atoms with Crippen LogP contribution >= 0.6 is 11.6 Å². The van der Waals surface area contributed by atoms with Gasteiger partial charge in [0.2, 0.25) is 0 Å². The molecule has 0 spiro atoms. The lowest BCUT2D eigenvalue weighted by Gasteiger charge is -2.20. The van der Waals surface area contributed by atoms with E-state index < -0.39 is 10.0 Å². The van der Waals surface area contributed by atoms with E-state index in [1.807, 2.05) is 19.1 Å². The number of benzene rings is 3. The molecule has 0 aliphatic carbocycles. The third-order valence-electron chi connectivity index (χ3n) is 4.57. The van der Waals surface area contributed by atoms with E-state index in [1.165, 1.54) is 38.4 Å². The third-order valence-corrected chi connectivity index (χ3v) is 6.62. The lowest BCUT2D eigenvalue weighted by Crippen LogP contribution is -2.26. The highest BCUT2D eigenvalue weighted by molar-refractivity contribution is 7.92. The van der Waals surface area contributed by atoms with Crippen LogP contribution < -0.4 is 14.4 Å². The maximum atomic E-state index is 12.8. The number of carbonyl (C=O) groups is 1. The maximum Gasteiger partial charge on any atom is 0.264 e. The molecule has 3 aromatic carbocycles. The van der Waals surface area contributed by atoms with Gasteiger partial charge in [-0.15, -0.1) is 0 Å². The predicted molar refractivity (Wildman–Crippen MR) is 119 cm³/mol. The quantitative estimate of drug-likeness (QED) is 0.596. The second kappa shape index (κ2) is 8.77. The summed E-state index contributed by atoms with van der Waals surface area (Å²) in [5, 5.41) is 3.28. The van der Waals surface area contributed by atoms with Crippen LogP contribution in [-0.2, 0) is 10.0 Å². The first-order valence-corrected chi connectivity index (χ1v) is 10.8. The van der Waals surface area contributed by atoms with E-state index in [4.69, 9.17) is 16.3 Å². The second-order valence-corrected chi connectivity index (χ2v) is 9.04. The molecule has 1 amide bonds. The monoisotopic (exact) mass is 444 g/mol. The molecule has 6 nitrogen and oxygen atoms in total. The van der Waals surface area contributed by atoms with Crippen LogP contribution in [0.25, 0.3) is 0 Å². The number of amides is 1. The van der Waals surface area contributed by atoms with Gasteiger partial charge in [-0.2, -0.15) is 0 Å². The smallest absolute Gasteiger partial charge is 0.264 e. The van der Waals surface area contributed by atoms with Gasteiger partial charge in [0.1, 0.15) is 5.75 Å². The lowest BCUT2D eigenvalue weighted by atomic mass is 10.1. The fourth-order valence-electron chi connectivity index (χ4n) is 2.84. The van der Waals surface area contributed by atoms with Crippen LogP contribution in [0.2, 0.25) is 5.02 Å². The van der Waals surface area contributed by atoms with Gasteiger partial charge in [-0.3, -0.25) is 9.10 Å². The van der Waals surface area contributed by atoms with E-state index in [0.717, 1.165) is 9.87 Å². The van der Waals surface area contributed by atoms with Crippen LogP contribution in [0.15, 0.2) is 71.6 Å². The Morgan fingerprint density at radius 1 is 1.00 bits per heavy atom. The topological polar surface area (TPSA) is 75.7 Å². The van der Waals surface area contributed by atoms with Crippen molar-refractivity contribution in [3.05, 3.63) is 82.9 Å². The first-order valence-electron chi connectivity index (χ1n) is 9.03. The first kappa shape index (κ1) is 21.7. The van der Waals surface area contributed by atoms with Gasteiger partial charge in [0.15, 0.2) is 0 Å². The van der Waals surface area contributed by atoms with Gasteiger partial charge in [-0.05, 0) is 73.2 Å². The maximum absolute atomic E-state index is 12.8. The number of halogens is 1. The summed E-state index contributed by atoms with van der Waals surface area (Å²) >= 11 is 5.84. The van der Waals surface area contributed by atoms with Gasteiger partial charge in [-0.25, -0.2) is 8.42 Å². The zero-order chi connectivity index (χ0) is 21.9. The number of nitrogens with zero attached hydrogens (tertiary/aromatic N) is 1. The Bertz CT molecular complexity index is 1160. The van der Waals surface area contributed by atoms with Crippen LogP contribution in [0.5, 0.6) is 5.75 Å². The highest BCUT2D eigenvalue weighted by atomic mass is 35.5. The van der Waals surface area contributed by atoms with E-state index >= 15 is 0 Å². The Hall–Kier alpha value is -3.03. The molecule has 3 aromatic rings. The Balaban J connectivity index is 1.80. The molecule has 0 saturated carbocycles. The molecular formula is C22H21ClN2O4S. The average molecular weight is 445 g/mol. The molecule has 8 heteroatoms. The molecule has 0 unspecified atom stereocenters. The van der Waals surface area contributed by atoms with E-state index in [0.29, 0.717) is 27.7 Å². The molecule has 3 rings (SSSR count). The Morgan fingerprint density at radius 2 is 1.63 bits per heavy atom. The lowest BCUT2D eigenvalue weighted by molar-refractivity contribution is 0.102. The summed E-state index contributed by atoms with van der Waals surface area (Å²) < 4.78 is 32.0. The van der Waals surface area contributed by atoms with E-state index in [1.54, 1.807) is 30.3 Å². The van der Waals surface area contributed by atoms with Crippen molar-refractivity contribution in [2.45, 2.75) is 11.8 Å². The fraction of sp³-hybridized carbons (Fsp3) is 0.136. The molecule has 0 aliphatic heterocycles. The number of ether oxygens (including phenoxy) is 1. The minimum Gasteiger partial charge on any atom is -0.495 e. The van der Waals surface area contributed by atoms with Crippen molar-refractivity contribution in [3.8, 4) is 5.75 Å². The molecule has 156 valence electrons. The Labute approximate surface area is 181 Å². The molecule has 0 radical (unpaired) electrons. The van der Waals surface area contributed by atoms with Crippen LogP contribution in [0.4, 0.5) is 11.4 Å². The summed E-state index contributed by atoms with van der Waals surface area (Å²) in [5.74, 6) is 0.230. The zero-order valence-electron chi connectivity index (χ0n) is 16.7. The fourth-order valence-corrected chi connectivity index (χ4v) is 4.16. The number of carbonyl (C=O) groups excluding carboxylic acids is 1. The predicted octanol–water partition coefficient (Wildman–Crippen LogP) is 4.73. The summed E-state index contributed by atoms with van der Waals surface area (Å²) in [6, 6.07) is 17.7. The van der Waals surface area contributed by atoms with Gasteiger partial charge in [0.05, 0.1) is 23.4 Å². The second-order valence-electron chi connectivity index (χ2n) is 6.63. The Kier molecular flexibility index (Phi) is 6.34. The third kappa shape index (κ3) is 4.58. The van der Waals surface area contributed by atoms with Gasteiger partial charge in [0, 0.05) is 17.6 Å². The molecule has 0 bridgehead atoms. The number of nitrogens with one attached hydrogen (secondary N) is 1. The van der Waals surface area contributed by atoms with Crippen LogP contribution in [0.1, 0.15) is 15.9 Å². The Morgan fingerprint density at radius 3 is 2.23 bits per heavy atom. The molecule has 30 heavy (non-hydrogen) atoms. The summed E-state index contributed by atoms with van der Waals surface area (Å²) in [4.78, 5) is 12.7. The molecule has 1 N–H and O–H groups in total. The van der Waals surface area contributed by atoms with Gasteiger partial charge in [-0.1, -0.05) is 17.7 Å². The van der Waals surface area contributed by atoms with E-state index in [9.17, 15) is 13.2 Å². The van der Waals surface area contributed by atoms with Crippen molar-refractivity contribution in [3.63, 3.8) is 0 Å². The summed E-state index contributed by atoms with van der Waals surface area (Å²) in [5.41, 5.74) is 2.36. The van der Waals surface area contributed by atoms with Crippen molar-refractivity contribution in [1.82, 2.24) is 0 Å². The number of rotatable bonds is 6. The van der Waals surface area contributed by atoms with Crippen LogP contribution in [0.3, 0.4) is 0 Å². The summed E-state index contributed by atoms with van der Waals surface area (Å²) in [6.45, 7) is 1.92. The molecule has 0 saturated heterocycles. The minimum atomic E-state index is -3.75. The molecular weight excluding hydrogens is 424 g/mol. The van der Waals surface area contributed by atoms with Crippen molar-refractivity contribution in [2.24, 2.45) is 0 Å². The summed E-state index contributed by atoms with van der Waals surface area (Å²) in [7, 11) is -0.758. The molecule has 0 aliphatic rings. The molecule has 0 aromatic heterocycles. The summed E-state index contributed by atoms with van der Waals surface area (Å²) in [6.07, 6.45) is 0. The van der Waals surface area contributed by atoms with Crippen molar-refractivity contribution < 1.29 is 17.9 Å². The largest absolute Gasteiger partial charge is 0.495 e. The minimum absolute atomic E-state index is 0.128. The average Bonchev–Trinajstić information content (AvgIpc) is 2.74. The van der Waals surface area contributed by atoms with Crippen molar-refractivity contribution in [2.75, 3.05) is 23.8 Å². The number of aryl methyl sites for hydroxylation is 1. The van der Waals surface area contributed by atoms with Crippen LogP contribution in [-0.4, -0.2) is 28.5 Å². The van der Waals surface area contributed by atoms with Crippen LogP contribution in [0, 0.1) is 6.92 Å². The van der Waals surface area contributed by atoms with Gasteiger partial charge >= 0.3 is 0 Å². The number of hydrogen-bond acceptors (Lipinski definition) is 4.